The third kappa shape index (κ3) is 3.90. The maximum Gasteiger partial charge on any atom is 0.265 e. The lowest BCUT2D eigenvalue weighted by molar-refractivity contribution is -0.134. The molecule has 0 spiro atoms. The Morgan fingerprint density at radius 1 is 1.13 bits per heavy atom. The molecule has 2 aliphatic rings. The number of hydrogen-bond acceptors (Lipinski definition) is 8. The fourth-order valence-electron chi connectivity index (χ4n) is 3.59. The summed E-state index contributed by atoms with van der Waals surface area (Å²) in [7, 11) is -4.05. The Morgan fingerprint density at radius 2 is 1.83 bits per heavy atom. The topological polar surface area (TPSA) is 131 Å². The molecule has 1 amide bonds. The molecular formula is C20H24N4O5S. The molecule has 0 unspecified atom stereocenters. The van der Waals surface area contributed by atoms with Gasteiger partial charge in [0.1, 0.15) is 5.82 Å². The second-order valence-electron chi connectivity index (χ2n) is 7.69. The first kappa shape index (κ1) is 20.7. The summed E-state index contributed by atoms with van der Waals surface area (Å²) in [5.74, 6) is 0.504. The zero-order valence-electron chi connectivity index (χ0n) is 16.4. The van der Waals surface area contributed by atoms with Crippen molar-refractivity contribution in [2.45, 2.75) is 35.3 Å². The Hall–Kier alpha value is -2.56. The van der Waals surface area contributed by atoms with Crippen LogP contribution in [0.3, 0.4) is 0 Å². The SMILES string of the molecule is O=C(NO)C1(S(=O)(=O)c2ccc(-c3cnc(NCC4CC4)cn3)cc2)CCOCC1. The summed E-state index contributed by atoms with van der Waals surface area (Å²) >= 11 is 0. The van der Waals surface area contributed by atoms with Gasteiger partial charge in [-0.3, -0.25) is 15.0 Å². The van der Waals surface area contributed by atoms with Gasteiger partial charge in [-0.1, -0.05) is 12.1 Å². The number of carbonyl (C=O) groups is 1. The van der Waals surface area contributed by atoms with Crippen molar-refractivity contribution in [2.75, 3.05) is 25.1 Å². The Labute approximate surface area is 174 Å². The molecule has 1 aliphatic heterocycles. The highest BCUT2D eigenvalue weighted by atomic mass is 32.2. The molecule has 1 aliphatic carbocycles. The molecule has 4 rings (SSSR count). The van der Waals surface area contributed by atoms with Gasteiger partial charge < -0.3 is 10.1 Å². The van der Waals surface area contributed by atoms with E-state index in [-0.39, 0.29) is 31.0 Å². The van der Waals surface area contributed by atoms with E-state index in [0.717, 1.165) is 12.5 Å². The minimum absolute atomic E-state index is 0.00688. The van der Waals surface area contributed by atoms with Gasteiger partial charge in [0.2, 0.25) is 0 Å². The van der Waals surface area contributed by atoms with Gasteiger partial charge in [0.05, 0.1) is 23.0 Å². The molecule has 30 heavy (non-hydrogen) atoms. The third-order valence-corrected chi connectivity index (χ3v) is 8.23. The van der Waals surface area contributed by atoms with E-state index in [4.69, 9.17) is 9.94 Å². The molecule has 0 radical (unpaired) electrons. The summed E-state index contributed by atoms with van der Waals surface area (Å²) in [4.78, 5) is 21.1. The number of anilines is 1. The minimum Gasteiger partial charge on any atom is -0.381 e. The Balaban J connectivity index is 1.55. The lowest BCUT2D eigenvalue weighted by Gasteiger charge is -2.34. The summed E-state index contributed by atoms with van der Waals surface area (Å²) in [6, 6.07) is 6.18. The average molecular weight is 433 g/mol. The zero-order chi connectivity index (χ0) is 21.2. The van der Waals surface area contributed by atoms with Gasteiger partial charge in [-0.25, -0.2) is 18.9 Å². The van der Waals surface area contributed by atoms with E-state index in [9.17, 15) is 13.2 Å². The first-order valence-electron chi connectivity index (χ1n) is 9.89. The minimum atomic E-state index is -4.05. The molecule has 9 nitrogen and oxygen atoms in total. The molecule has 1 saturated heterocycles. The van der Waals surface area contributed by atoms with Crippen LogP contribution in [0.1, 0.15) is 25.7 Å². The number of benzene rings is 1. The van der Waals surface area contributed by atoms with Crippen molar-refractivity contribution < 1.29 is 23.2 Å². The van der Waals surface area contributed by atoms with E-state index < -0.39 is 20.5 Å². The van der Waals surface area contributed by atoms with E-state index >= 15 is 0 Å². The van der Waals surface area contributed by atoms with Crippen molar-refractivity contribution >= 4 is 21.6 Å². The summed E-state index contributed by atoms with van der Waals surface area (Å²) < 4.78 is 30.0. The van der Waals surface area contributed by atoms with Crippen LogP contribution in [0.4, 0.5) is 5.82 Å². The highest BCUT2D eigenvalue weighted by Gasteiger charge is 2.52. The standard InChI is InChI=1S/C20H24N4O5S/c25-19(24-26)20(7-9-29-10-8-20)30(27,28)16-5-3-15(4-6-16)17-12-23-18(13-21-17)22-11-14-1-2-14/h3-6,12-14,26H,1-2,7-11H2,(H,22,23)(H,24,25). The van der Waals surface area contributed by atoms with E-state index in [1.165, 1.54) is 30.5 Å². The summed E-state index contributed by atoms with van der Waals surface area (Å²) in [5.41, 5.74) is 2.84. The van der Waals surface area contributed by atoms with Crippen molar-refractivity contribution in [3.63, 3.8) is 0 Å². The average Bonchev–Trinajstić information content (AvgIpc) is 3.62. The third-order valence-electron chi connectivity index (χ3n) is 5.71. The predicted octanol–water partition coefficient (Wildman–Crippen LogP) is 1.79. The number of carbonyl (C=O) groups excluding carboxylic acids is 1. The number of rotatable bonds is 7. The number of amides is 1. The Kier molecular flexibility index (Phi) is 5.72. The maximum absolute atomic E-state index is 13.3. The summed E-state index contributed by atoms with van der Waals surface area (Å²) in [6.45, 7) is 1.15. The van der Waals surface area contributed by atoms with Crippen molar-refractivity contribution in [3.8, 4) is 11.3 Å². The summed E-state index contributed by atoms with van der Waals surface area (Å²) in [6.07, 6.45) is 5.75. The normalized spacial score (nSPS) is 18.6. The number of nitrogens with one attached hydrogen (secondary N) is 2. The highest BCUT2D eigenvalue weighted by molar-refractivity contribution is 7.93. The molecular weight excluding hydrogens is 408 g/mol. The quantitative estimate of drug-likeness (QED) is 0.446. The molecule has 2 aromatic rings. The lowest BCUT2D eigenvalue weighted by atomic mass is 9.98. The monoisotopic (exact) mass is 432 g/mol. The van der Waals surface area contributed by atoms with Crippen LogP contribution in [0.2, 0.25) is 0 Å². The van der Waals surface area contributed by atoms with E-state index in [1.807, 2.05) is 0 Å². The van der Waals surface area contributed by atoms with Crippen LogP contribution in [-0.4, -0.2) is 54.0 Å². The van der Waals surface area contributed by atoms with Crippen LogP contribution in [0.5, 0.6) is 0 Å². The molecule has 160 valence electrons. The Bertz CT molecular complexity index is 998. The molecule has 0 bridgehead atoms. The second kappa shape index (κ2) is 8.29. The van der Waals surface area contributed by atoms with Gasteiger partial charge in [0, 0.05) is 25.3 Å². The number of sulfone groups is 1. The van der Waals surface area contributed by atoms with Crippen LogP contribution < -0.4 is 10.8 Å². The van der Waals surface area contributed by atoms with Gasteiger partial charge in [-0.05, 0) is 43.7 Å². The Morgan fingerprint density at radius 3 is 2.40 bits per heavy atom. The van der Waals surface area contributed by atoms with Crippen LogP contribution in [0.25, 0.3) is 11.3 Å². The predicted molar refractivity (Wildman–Crippen MR) is 109 cm³/mol. The fraction of sp³-hybridized carbons (Fsp3) is 0.450. The van der Waals surface area contributed by atoms with Gasteiger partial charge >= 0.3 is 0 Å². The molecule has 2 heterocycles. The van der Waals surface area contributed by atoms with Crippen molar-refractivity contribution in [1.29, 1.82) is 0 Å². The van der Waals surface area contributed by atoms with Crippen LogP contribution in [-0.2, 0) is 19.4 Å². The largest absolute Gasteiger partial charge is 0.381 e. The number of aromatic nitrogens is 2. The summed E-state index contributed by atoms with van der Waals surface area (Å²) in [5, 5.41) is 12.4. The number of hydroxylamine groups is 1. The molecule has 1 aromatic carbocycles. The smallest absolute Gasteiger partial charge is 0.265 e. The van der Waals surface area contributed by atoms with Gasteiger partial charge in [-0.15, -0.1) is 0 Å². The molecule has 3 N–H and O–H groups in total. The second-order valence-corrected chi connectivity index (χ2v) is 9.95. The van der Waals surface area contributed by atoms with E-state index in [2.05, 4.69) is 15.3 Å². The van der Waals surface area contributed by atoms with Gasteiger partial charge in [0.25, 0.3) is 5.91 Å². The van der Waals surface area contributed by atoms with E-state index in [1.54, 1.807) is 24.5 Å². The fourth-order valence-corrected chi connectivity index (χ4v) is 5.53. The number of nitrogens with zero attached hydrogens (tertiary/aromatic N) is 2. The van der Waals surface area contributed by atoms with Crippen molar-refractivity contribution in [1.82, 2.24) is 15.4 Å². The number of ether oxygens (including phenoxy) is 1. The van der Waals surface area contributed by atoms with Crippen LogP contribution >= 0.6 is 0 Å². The first-order chi connectivity index (χ1) is 14.5. The first-order valence-corrected chi connectivity index (χ1v) is 11.4. The lowest BCUT2D eigenvalue weighted by Crippen LogP contribution is -2.54. The van der Waals surface area contributed by atoms with Crippen LogP contribution in [0, 0.1) is 5.92 Å². The maximum atomic E-state index is 13.3. The van der Waals surface area contributed by atoms with Crippen molar-refractivity contribution in [2.24, 2.45) is 5.92 Å². The highest BCUT2D eigenvalue weighted by Crippen LogP contribution is 2.36. The van der Waals surface area contributed by atoms with Crippen LogP contribution in [0.15, 0.2) is 41.6 Å². The molecule has 2 fully saturated rings. The van der Waals surface area contributed by atoms with Gasteiger partial charge in [0.15, 0.2) is 14.6 Å². The number of hydrogen-bond donors (Lipinski definition) is 3. The van der Waals surface area contributed by atoms with E-state index in [0.29, 0.717) is 17.1 Å². The molecule has 0 atom stereocenters. The molecule has 1 aromatic heterocycles. The van der Waals surface area contributed by atoms with Crippen molar-refractivity contribution in [3.05, 3.63) is 36.7 Å². The van der Waals surface area contributed by atoms with Gasteiger partial charge in [-0.2, -0.15) is 0 Å². The molecule has 10 heteroatoms. The molecule has 1 saturated carbocycles. The zero-order valence-corrected chi connectivity index (χ0v) is 17.2.